The minimum atomic E-state index is -1.23. The molecule has 0 aliphatic rings. The van der Waals surface area contributed by atoms with Crippen LogP contribution in [0.15, 0.2) is 29.3 Å². The predicted octanol–water partition coefficient (Wildman–Crippen LogP) is -0.970. The Morgan fingerprint density at radius 1 is 0.854 bits per heavy atom. The molecule has 4 unspecified atom stereocenters. The van der Waals surface area contributed by atoms with Crippen LogP contribution in [-0.2, 0) is 25.6 Å². The standard InChI is InChI=1S/C27H46N8O6/c1-16(2)14-22(25(39)34-21(26(40)41)7-5-13-32-27(30)31)35-24(38)20(6-3-4-12-28)33-23(37)19(29)15-17-8-10-18(36)11-9-17/h8-11,16,19-22,36H,3-7,12-15,28-29H2,1-2H3,(H,33,37)(H,34,39)(H,35,38)(H,40,41)(H4,30,31,32). The summed E-state index contributed by atoms with van der Waals surface area (Å²) in [6, 6.07) is 2.07. The van der Waals surface area contributed by atoms with Crippen molar-refractivity contribution in [1.29, 1.82) is 0 Å². The van der Waals surface area contributed by atoms with Crippen LogP contribution < -0.4 is 38.9 Å². The summed E-state index contributed by atoms with van der Waals surface area (Å²) in [5.74, 6) is -3.07. The highest BCUT2D eigenvalue weighted by molar-refractivity contribution is 5.94. The molecule has 0 bridgehead atoms. The number of phenols is 1. The Bertz CT molecular complexity index is 1010. The van der Waals surface area contributed by atoms with E-state index in [1.807, 2.05) is 13.8 Å². The van der Waals surface area contributed by atoms with Crippen molar-refractivity contribution in [2.75, 3.05) is 13.1 Å². The number of aliphatic carboxylic acids is 1. The second-order valence-corrected chi connectivity index (χ2v) is 10.4. The molecule has 3 amide bonds. The number of unbranched alkanes of at least 4 members (excludes halogenated alkanes) is 1. The fraction of sp³-hybridized carbons (Fsp3) is 0.593. The fourth-order valence-electron chi connectivity index (χ4n) is 4.03. The van der Waals surface area contributed by atoms with Crippen LogP contribution in [0.1, 0.15) is 57.9 Å². The fourth-order valence-corrected chi connectivity index (χ4v) is 4.03. The number of hydrogen-bond donors (Lipinski definition) is 9. The molecule has 14 nitrogen and oxygen atoms in total. The van der Waals surface area contributed by atoms with Gasteiger partial charge in [-0.25, -0.2) is 4.79 Å². The molecule has 0 aliphatic heterocycles. The van der Waals surface area contributed by atoms with E-state index in [0.29, 0.717) is 25.8 Å². The topological polar surface area (TPSA) is 261 Å². The van der Waals surface area contributed by atoms with Gasteiger partial charge < -0.3 is 49.1 Å². The number of rotatable bonds is 19. The Morgan fingerprint density at radius 3 is 1.98 bits per heavy atom. The zero-order valence-corrected chi connectivity index (χ0v) is 23.8. The summed E-state index contributed by atoms with van der Waals surface area (Å²) in [5, 5.41) is 26.9. The highest BCUT2D eigenvalue weighted by Gasteiger charge is 2.30. The molecule has 0 fully saturated rings. The first-order chi connectivity index (χ1) is 19.3. The quantitative estimate of drug-likeness (QED) is 0.0551. The molecular weight excluding hydrogens is 532 g/mol. The zero-order valence-electron chi connectivity index (χ0n) is 23.8. The van der Waals surface area contributed by atoms with Crippen LogP contribution in [0.3, 0.4) is 0 Å². The Kier molecular flexibility index (Phi) is 15.8. The molecule has 41 heavy (non-hydrogen) atoms. The number of benzene rings is 1. The zero-order chi connectivity index (χ0) is 30.9. The van der Waals surface area contributed by atoms with E-state index in [9.17, 15) is 29.4 Å². The number of phenolic OH excluding ortho intramolecular Hbond substituents is 1. The minimum absolute atomic E-state index is 0.0137. The third-order valence-electron chi connectivity index (χ3n) is 6.21. The molecule has 14 heteroatoms. The summed E-state index contributed by atoms with van der Waals surface area (Å²) in [5.41, 5.74) is 23.0. The van der Waals surface area contributed by atoms with Crippen molar-refractivity contribution in [3.63, 3.8) is 0 Å². The van der Waals surface area contributed by atoms with Crippen molar-refractivity contribution in [2.45, 2.75) is 83.0 Å². The molecule has 4 atom stereocenters. The first-order valence-electron chi connectivity index (χ1n) is 13.8. The Morgan fingerprint density at radius 2 is 1.41 bits per heavy atom. The van der Waals surface area contributed by atoms with Gasteiger partial charge in [-0.1, -0.05) is 26.0 Å². The molecule has 0 radical (unpaired) electrons. The van der Waals surface area contributed by atoms with Gasteiger partial charge in [0, 0.05) is 6.54 Å². The normalized spacial score (nSPS) is 13.9. The number of carbonyl (C=O) groups excluding carboxylic acids is 3. The third-order valence-corrected chi connectivity index (χ3v) is 6.21. The second-order valence-electron chi connectivity index (χ2n) is 10.4. The molecule has 0 aliphatic carbocycles. The van der Waals surface area contributed by atoms with Gasteiger partial charge >= 0.3 is 5.97 Å². The summed E-state index contributed by atoms with van der Waals surface area (Å²) in [4.78, 5) is 54.9. The van der Waals surface area contributed by atoms with Gasteiger partial charge in [0.25, 0.3) is 0 Å². The van der Waals surface area contributed by atoms with Crippen LogP contribution in [0, 0.1) is 5.92 Å². The summed E-state index contributed by atoms with van der Waals surface area (Å²) in [7, 11) is 0. The van der Waals surface area contributed by atoms with Gasteiger partial charge in [0.15, 0.2) is 5.96 Å². The van der Waals surface area contributed by atoms with E-state index in [1.54, 1.807) is 12.1 Å². The average Bonchev–Trinajstić information content (AvgIpc) is 2.89. The van der Waals surface area contributed by atoms with Crippen molar-refractivity contribution >= 4 is 29.7 Å². The van der Waals surface area contributed by atoms with E-state index in [-0.39, 0.29) is 49.9 Å². The number of carboxylic acid groups (broad SMARTS) is 1. The average molecular weight is 579 g/mol. The lowest BCUT2D eigenvalue weighted by molar-refractivity contribution is -0.142. The number of nitrogens with two attached hydrogens (primary N) is 4. The number of carboxylic acids is 1. The monoisotopic (exact) mass is 578 g/mol. The lowest BCUT2D eigenvalue weighted by Crippen LogP contribution is -2.57. The lowest BCUT2D eigenvalue weighted by Gasteiger charge is -2.26. The SMILES string of the molecule is CC(C)CC(NC(=O)C(CCCCN)NC(=O)C(N)Cc1ccc(O)cc1)C(=O)NC(CCCN=C(N)N)C(=O)O. The minimum Gasteiger partial charge on any atom is -0.508 e. The van der Waals surface area contributed by atoms with Gasteiger partial charge in [-0.15, -0.1) is 0 Å². The van der Waals surface area contributed by atoms with E-state index in [1.165, 1.54) is 12.1 Å². The van der Waals surface area contributed by atoms with Gasteiger partial charge in [0.05, 0.1) is 6.04 Å². The predicted molar refractivity (Wildman–Crippen MR) is 155 cm³/mol. The maximum absolute atomic E-state index is 13.3. The molecule has 1 aromatic carbocycles. The highest BCUT2D eigenvalue weighted by Crippen LogP contribution is 2.12. The number of amides is 3. The molecule has 1 rings (SSSR count). The molecule has 1 aromatic rings. The Labute approximate surface area is 240 Å². The van der Waals surface area contributed by atoms with Crippen LogP contribution in [0.2, 0.25) is 0 Å². The molecular formula is C27H46N8O6. The smallest absolute Gasteiger partial charge is 0.326 e. The van der Waals surface area contributed by atoms with Gasteiger partial charge in [-0.3, -0.25) is 19.4 Å². The van der Waals surface area contributed by atoms with Crippen LogP contribution >= 0.6 is 0 Å². The molecule has 0 aromatic heterocycles. The molecule has 0 saturated carbocycles. The first kappa shape index (κ1) is 35.1. The van der Waals surface area contributed by atoms with E-state index in [2.05, 4.69) is 20.9 Å². The summed E-state index contributed by atoms with van der Waals surface area (Å²) >= 11 is 0. The van der Waals surface area contributed by atoms with E-state index in [0.717, 1.165) is 5.56 Å². The van der Waals surface area contributed by atoms with Gasteiger partial charge in [0.2, 0.25) is 17.7 Å². The maximum atomic E-state index is 13.3. The van der Waals surface area contributed by atoms with E-state index in [4.69, 9.17) is 22.9 Å². The Hall–Kier alpha value is -3.91. The van der Waals surface area contributed by atoms with Gasteiger partial charge in [0.1, 0.15) is 23.9 Å². The lowest BCUT2D eigenvalue weighted by atomic mass is 10.0. The second kappa shape index (κ2) is 18.4. The van der Waals surface area contributed by atoms with Crippen molar-refractivity contribution in [2.24, 2.45) is 33.8 Å². The van der Waals surface area contributed by atoms with E-state index < -0.39 is 47.9 Å². The third kappa shape index (κ3) is 14.3. The number of nitrogens with one attached hydrogen (secondary N) is 3. The molecule has 0 heterocycles. The van der Waals surface area contributed by atoms with Crippen LogP contribution in [0.4, 0.5) is 0 Å². The van der Waals surface area contributed by atoms with Crippen molar-refractivity contribution in [1.82, 2.24) is 16.0 Å². The van der Waals surface area contributed by atoms with Gasteiger partial charge in [-0.2, -0.15) is 0 Å². The molecule has 0 spiro atoms. The van der Waals surface area contributed by atoms with E-state index >= 15 is 0 Å². The maximum Gasteiger partial charge on any atom is 0.326 e. The summed E-state index contributed by atoms with van der Waals surface area (Å²) in [6.45, 7) is 4.33. The van der Waals surface area contributed by atoms with Gasteiger partial charge in [-0.05, 0) is 75.1 Å². The largest absolute Gasteiger partial charge is 0.508 e. The molecule has 230 valence electrons. The van der Waals surface area contributed by atoms with Crippen molar-refractivity contribution in [3.8, 4) is 5.75 Å². The molecule has 13 N–H and O–H groups in total. The van der Waals surface area contributed by atoms with Crippen molar-refractivity contribution in [3.05, 3.63) is 29.8 Å². The first-order valence-corrected chi connectivity index (χ1v) is 13.8. The summed E-state index contributed by atoms with van der Waals surface area (Å²) < 4.78 is 0. The van der Waals surface area contributed by atoms with Crippen LogP contribution in [0.5, 0.6) is 5.75 Å². The summed E-state index contributed by atoms with van der Waals surface area (Å²) in [6.07, 6.45) is 2.24. The number of guanidine groups is 1. The number of carbonyl (C=O) groups is 4. The number of aromatic hydroxyl groups is 1. The van der Waals surface area contributed by atoms with Crippen LogP contribution in [0.25, 0.3) is 0 Å². The highest BCUT2D eigenvalue weighted by atomic mass is 16.4. The molecule has 0 saturated heterocycles. The number of hydrogen-bond acceptors (Lipinski definition) is 8. The van der Waals surface area contributed by atoms with Crippen LogP contribution in [-0.4, -0.2) is 77.1 Å². The Balaban J connectivity index is 2.96. The number of nitrogens with zero attached hydrogens (tertiary/aromatic N) is 1. The van der Waals surface area contributed by atoms with Crippen molar-refractivity contribution < 1.29 is 29.4 Å². The number of aliphatic imine (C=N–C) groups is 1.